The van der Waals surface area contributed by atoms with E-state index in [0.29, 0.717) is 0 Å². The average molecular weight is 388 g/mol. The minimum atomic E-state index is -0.229. The van der Waals surface area contributed by atoms with Crippen LogP contribution in [0.25, 0.3) is 0 Å². The van der Waals surface area contributed by atoms with Crippen LogP contribution in [-0.4, -0.2) is 17.4 Å². The van der Waals surface area contributed by atoms with Crippen molar-refractivity contribution in [2.45, 2.75) is 36.0 Å². The maximum atomic E-state index is 13.7. The van der Waals surface area contributed by atoms with Gasteiger partial charge in [-0.05, 0) is 43.0 Å². The molecule has 0 aromatic heterocycles. The highest BCUT2D eigenvalue weighted by atomic mass is 32.2. The highest BCUT2D eigenvalue weighted by Gasteiger charge is 2.35. The lowest BCUT2D eigenvalue weighted by atomic mass is 10.0. The standard InChI is InChI=1S/C25H25NOS/c1-19-14-16-21(17-15-19)24(28-22-11-6-3-7-12-22)25(27)26-18-8-13-23(26)20-9-4-2-5-10-20/h2-7,9-12,14-17,23-24H,8,13,18H2,1H3. The molecule has 3 aromatic rings. The van der Waals surface area contributed by atoms with Crippen LogP contribution >= 0.6 is 11.8 Å². The Morgan fingerprint density at radius 2 is 1.57 bits per heavy atom. The summed E-state index contributed by atoms with van der Waals surface area (Å²) in [7, 11) is 0. The van der Waals surface area contributed by atoms with Gasteiger partial charge in [-0.1, -0.05) is 78.4 Å². The van der Waals surface area contributed by atoms with Crippen molar-refractivity contribution in [1.29, 1.82) is 0 Å². The van der Waals surface area contributed by atoms with E-state index in [2.05, 4.69) is 72.5 Å². The van der Waals surface area contributed by atoms with Crippen LogP contribution in [0.4, 0.5) is 0 Å². The summed E-state index contributed by atoms with van der Waals surface area (Å²) >= 11 is 1.65. The summed E-state index contributed by atoms with van der Waals surface area (Å²) in [5.74, 6) is 0.212. The Morgan fingerprint density at radius 1 is 0.929 bits per heavy atom. The second-order valence-electron chi connectivity index (χ2n) is 7.32. The molecule has 0 N–H and O–H groups in total. The molecule has 1 aliphatic rings. The summed E-state index contributed by atoms with van der Waals surface area (Å²) in [6.07, 6.45) is 2.09. The predicted molar refractivity (Wildman–Crippen MR) is 116 cm³/mol. The molecule has 0 aliphatic carbocycles. The van der Waals surface area contributed by atoms with Crippen LogP contribution in [0.1, 0.15) is 40.8 Å². The Hall–Kier alpha value is -2.52. The molecule has 4 rings (SSSR count). The fourth-order valence-corrected chi connectivity index (χ4v) is 4.96. The third kappa shape index (κ3) is 4.15. The third-order valence-corrected chi connectivity index (χ3v) is 6.58. The van der Waals surface area contributed by atoms with E-state index in [0.717, 1.165) is 29.8 Å². The lowest BCUT2D eigenvalue weighted by Crippen LogP contribution is -2.33. The van der Waals surface area contributed by atoms with Gasteiger partial charge < -0.3 is 4.90 Å². The van der Waals surface area contributed by atoms with Crippen LogP contribution < -0.4 is 0 Å². The van der Waals surface area contributed by atoms with E-state index in [9.17, 15) is 4.79 Å². The molecule has 2 unspecified atom stereocenters. The zero-order valence-corrected chi connectivity index (χ0v) is 16.9. The van der Waals surface area contributed by atoms with E-state index >= 15 is 0 Å². The molecule has 0 bridgehead atoms. The first-order valence-electron chi connectivity index (χ1n) is 9.86. The van der Waals surface area contributed by atoms with Crippen LogP contribution in [0.3, 0.4) is 0 Å². The molecule has 1 saturated heterocycles. The highest BCUT2D eigenvalue weighted by molar-refractivity contribution is 8.00. The molecule has 0 saturated carbocycles. The summed E-state index contributed by atoms with van der Waals surface area (Å²) in [4.78, 5) is 16.9. The minimum Gasteiger partial charge on any atom is -0.334 e. The van der Waals surface area contributed by atoms with Crippen molar-refractivity contribution in [1.82, 2.24) is 4.90 Å². The molecule has 1 aliphatic heterocycles. The van der Waals surface area contributed by atoms with Gasteiger partial charge in [0.05, 0.1) is 6.04 Å². The van der Waals surface area contributed by atoms with Crippen LogP contribution in [0.15, 0.2) is 89.8 Å². The third-order valence-electron chi connectivity index (χ3n) is 5.32. The SMILES string of the molecule is Cc1ccc(C(Sc2ccccc2)C(=O)N2CCCC2c2ccccc2)cc1. The number of likely N-dealkylation sites (tertiary alicyclic amines) is 1. The van der Waals surface area contributed by atoms with Crippen molar-refractivity contribution < 1.29 is 4.79 Å². The summed E-state index contributed by atoms with van der Waals surface area (Å²) in [6, 6.07) is 29.2. The first kappa shape index (κ1) is 18.8. The van der Waals surface area contributed by atoms with E-state index in [4.69, 9.17) is 0 Å². The number of hydrogen-bond acceptors (Lipinski definition) is 2. The van der Waals surface area contributed by atoms with Crippen molar-refractivity contribution in [3.8, 4) is 0 Å². The van der Waals surface area contributed by atoms with Gasteiger partial charge >= 0.3 is 0 Å². The monoisotopic (exact) mass is 387 g/mol. The first-order chi connectivity index (χ1) is 13.7. The Morgan fingerprint density at radius 3 is 2.25 bits per heavy atom. The molecular formula is C25H25NOS. The number of carbonyl (C=O) groups is 1. The first-order valence-corrected chi connectivity index (χ1v) is 10.7. The van der Waals surface area contributed by atoms with Gasteiger partial charge in [-0.2, -0.15) is 0 Å². The molecule has 2 atom stereocenters. The molecule has 0 radical (unpaired) electrons. The summed E-state index contributed by atoms with van der Waals surface area (Å²) < 4.78 is 0. The van der Waals surface area contributed by atoms with E-state index < -0.39 is 0 Å². The largest absolute Gasteiger partial charge is 0.334 e. The lowest BCUT2D eigenvalue weighted by Gasteiger charge is -2.29. The van der Waals surface area contributed by atoms with Crippen LogP contribution in [0.5, 0.6) is 0 Å². The molecule has 1 fully saturated rings. The predicted octanol–water partition coefficient (Wildman–Crippen LogP) is 6.19. The number of benzene rings is 3. The number of aryl methyl sites for hydroxylation is 1. The molecule has 1 amide bonds. The van der Waals surface area contributed by atoms with Crippen molar-refractivity contribution in [3.63, 3.8) is 0 Å². The molecule has 3 aromatic carbocycles. The van der Waals surface area contributed by atoms with E-state index in [1.165, 1.54) is 11.1 Å². The lowest BCUT2D eigenvalue weighted by molar-refractivity contribution is -0.131. The second-order valence-corrected chi connectivity index (χ2v) is 8.50. The molecule has 1 heterocycles. The molecule has 142 valence electrons. The number of nitrogens with zero attached hydrogens (tertiary/aromatic N) is 1. The maximum absolute atomic E-state index is 13.7. The number of amides is 1. The number of carbonyl (C=O) groups excluding carboxylic acids is 1. The smallest absolute Gasteiger partial charge is 0.241 e. The number of hydrogen-bond donors (Lipinski definition) is 0. The molecule has 0 spiro atoms. The van der Waals surface area contributed by atoms with E-state index in [1.807, 2.05) is 24.3 Å². The topological polar surface area (TPSA) is 20.3 Å². The second kappa shape index (κ2) is 8.66. The zero-order valence-electron chi connectivity index (χ0n) is 16.1. The zero-order chi connectivity index (χ0) is 19.3. The molecule has 3 heteroatoms. The van der Waals surface area contributed by atoms with E-state index in [1.54, 1.807) is 11.8 Å². The summed E-state index contributed by atoms with van der Waals surface area (Å²) in [5.41, 5.74) is 3.52. The van der Waals surface area contributed by atoms with Gasteiger partial charge in [0.25, 0.3) is 0 Å². The summed E-state index contributed by atoms with van der Waals surface area (Å²) in [5, 5.41) is -0.229. The Bertz CT molecular complexity index is 908. The van der Waals surface area contributed by atoms with Gasteiger partial charge in [0.15, 0.2) is 0 Å². The van der Waals surface area contributed by atoms with Crippen LogP contribution in [0, 0.1) is 6.92 Å². The summed E-state index contributed by atoms with van der Waals surface area (Å²) in [6.45, 7) is 2.91. The fraction of sp³-hybridized carbons (Fsp3) is 0.240. The van der Waals surface area contributed by atoms with Gasteiger partial charge in [0, 0.05) is 11.4 Å². The molecular weight excluding hydrogens is 362 g/mol. The normalized spacial score (nSPS) is 17.5. The van der Waals surface area contributed by atoms with E-state index in [-0.39, 0.29) is 17.2 Å². The minimum absolute atomic E-state index is 0.179. The molecule has 28 heavy (non-hydrogen) atoms. The van der Waals surface area contributed by atoms with Gasteiger partial charge in [0.2, 0.25) is 5.91 Å². The molecule has 2 nitrogen and oxygen atoms in total. The Labute approximate surface area is 171 Å². The van der Waals surface area contributed by atoms with Gasteiger partial charge in [-0.15, -0.1) is 11.8 Å². The highest BCUT2D eigenvalue weighted by Crippen LogP contribution is 2.41. The maximum Gasteiger partial charge on any atom is 0.241 e. The number of rotatable bonds is 5. The average Bonchev–Trinajstić information content (AvgIpc) is 3.24. The van der Waals surface area contributed by atoms with Crippen molar-refractivity contribution in [3.05, 3.63) is 102 Å². The van der Waals surface area contributed by atoms with Gasteiger partial charge in [0.1, 0.15) is 5.25 Å². The number of thioether (sulfide) groups is 1. The Balaban J connectivity index is 1.65. The van der Waals surface area contributed by atoms with Crippen molar-refractivity contribution in [2.24, 2.45) is 0 Å². The van der Waals surface area contributed by atoms with Gasteiger partial charge in [-0.3, -0.25) is 4.79 Å². The van der Waals surface area contributed by atoms with Crippen molar-refractivity contribution >= 4 is 17.7 Å². The Kier molecular flexibility index (Phi) is 5.82. The quantitative estimate of drug-likeness (QED) is 0.486. The van der Waals surface area contributed by atoms with Crippen molar-refractivity contribution in [2.75, 3.05) is 6.54 Å². The van der Waals surface area contributed by atoms with Crippen LogP contribution in [-0.2, 0) is 4.79 Å². The fourth-order valence-electron chi connectivity index (χ4n) is 3.84. The van der Waals surface area contributed by atoms with Gasteiger partial charge in [-0.25, -0.2) is 0 Å². The van der Waals surface area contributed by atoms with Crippen LogP contribution in [0.2, 0.25) is 0 Å².